The van der Waals surface area contributed by atoms with Crippen molar-refractivity contribution in [1.29, 1.82) is 0 Å². The van der Waals surface area contributed by atoms with Crippen LogP contribution in [0.3, 0.4) is 0 Å². The summed E-state index contributed by atoms with van der Waals surface area (Å²) < 4.78 is 0. The molecule has 1 saturated heterocycles. The zero-order valence-electron chi connectivity index (χ0n) is 9.86. The van der Waals surface area contributed by atoms with Crippen molar-refractivity contribution >= 4 is 5.91 Å². The summed E-state index contributed by atoms with van der Waals surface area (Å²) in [4.78, 5) is 13.4. The first kappa shape index (κ1) is 10.8. The van der Waals surface area contributed by atoms with E-state index in [9.17, 15) is 4.79 Å². The summed E-state index contributed by atoms with van der Waals surface area (Å²) in [5.74, 6) is -0.357. The Labute approximate surface area is 102 Å². The molecule has 1 aliphatic heterocycles. The van der Waals surface area contributed by atoms with Crippen molar-refractivity contribution in [3.05, 3.63) is 41.8 Å². The lowest BCUT2D eigenvalue weighted by molar-refractivity contribution is -0.0383. The molecule has 0 bridgehead atoms. The van der Waals surface area contributed by atoms with Gasteiger partial charge in [-0.3, -0.25) is 9.69 Å². The molecule has 2 N–H and O–H groups in total. The van der Waals surface area contributed by atoms with E-state index in [2.05, 4.69) is 11.3 Å². The van der Waals surface area contributed by atoms with E-state index in [-0.39, 0.29) is 5.91 Å². The van der Waals surface area contributed by atoms with Gasteiger partial charge in [-0.1, -0.05) is 12.1 Å². The van der Waals surface area contributed by atoms with E-state index >= 15 is 0 Å². The summed E-state index contributed by atoms with van der Waals surface area (Å²) in [6.07, 6.45) is 4.97. The topological polar surface area (TPSA) is 46.3 Å². The fourth-order valence-corrected chi connectivity index (χ4v) is 2.86. The molecular weight excluding hydrogens is 212 g/mol. The van der Waals surface area contributed by atoms with Crippen LogP contribution in [-0.2, 0) is 6.54 Å². The summed E-state index contributed by atoms with van der Waals surface area (Å²) in [6, 6.07) is 7.62. The van der Waals surface area contributed by atoms with E-state index in [1.54, 1.807) is 0 Å². The maximum atomic E-state index is 10.9. The smallest absolute Gasteiger partial charge is 0.248 e. The van der Waals surface area contributed by atoms with Gasteiger partial charge in [0, 0.05) is 25.2 Å². The van der Waals surface area contributed by atoms with Crippen LogP contribution >= 0.6 is 0 Å². The number of likely N-dealkylation sites (tertiary alicyclic amines) is 1. The van der Waals surface area contributed by atoms with Crippen molar-refractivity contribution in [3.63, 3.8) is 0 Å². The van der Waals surface area contributed by atoms with Crippen LogP contribution in [0.1, 0.15) is 28.8 Å². The molecule has 1 heterocycles. The Morgan fingerprint density at radius 1 is 1.24 bits per heavy atom. The predicted octanol–water partition coefficient (Wildman–Crippen LogP) is 1.59. The lowest BCUT2D eigenvalue weighted by Crippen LogP contribution is -2.59. The lowest BCUT2D eigenvalue weighted by atomic mass is 9.63. The SMILES string of the molecule is NC(=O)c1ccc(CN2CC3(C[CH]C3)C2)cc1. The molecule has 1 aliphatic carbocycles. The van der Waals surface area contributed by atoms with Crippen molar-refractivity contribution < 1.29 is 4.79 Å². The summed E-state index contributed by atoms with van der Waals surface area (Å²) >= 11 is 0. The fraction of sp³-hybridized carbons (Fsp3) is 0.429. The van der Waals surface area contributed by atoms with Crippen LogP contribution in [-0.4, -0.2) is 23.9 Å². The molecule has 2 fully saturated rings. The third kappa shape index (κ3) is 1.95. The minimum Gasteiger partial charge on any atom is -0.366 e. The van der Waals surface area contributed by atoms with Gasteiger partial charge in [0.2, 0.25) is 5.91 Å². The van der Waals surface area contributed by atoms with Crippen LogP contribution in [0.2, 0.25) is 0 Å². The van der Waals surface area contributed by atoms with Crippen LogP contribution < -0.4 is 5.73 Å². The van der Waals surface area contributed by atoms with Gasteiger partial charge in [-0.15, -0.1) is 0 Å². The maximum absolute atomic E-state index is 10.9. The Morgan fingerprint density at radius 3 is 2.35 bits per heavy atom. The number of carbonyl (C=O) groups is 1. The van der Waals surface area contributed by atoms with Gasteiger partial charge >= 0.3 is 0 Å². The first-order chi connectivity index (χ1) is 8.17. The zero-order valence-corrected chi connectivity index (χ0v) is 9.86. The highest BCUT2D eigenvalue weighted by molar-refractivity contribution is 5.92. The van der Waals surface area contributed by atoms with Gasteiger partial charge in [-0.05, 0) is 42.4 Å². The van der Waals surface area contributed by atoms with Crippen LogP contribution in [0.4, 0.5) is 0 Å². The van der Waals surface area contributed by atoms with Crippen molar-refractivity contribution in [3.8, 4) is 0 Å². The number of primary amides is 1. The number of nitrogens with zero attached hydrogens (tertiary/aromatic N) is 1. The Balaban J connectivity index is 1.57. The third-order valence-corrected chi connectivity index (χ3v) is 3.92. The molecule has 1 aromatic rings. The van der Waals surface area contributed by atoms with E-state index in [4.69, 9.17) is 5.73 Å². The van der Waals surface area contributed by atoms with Gasteiger partial charge in [0.1, 0.15) is 0 Å². The lowest BCUT2D eigenvalue weighted by Gasteiger charge is -2.56. The molecule has 3 nitrogen and oxygen atoms in total. The third-order valence-electron chi connectivity index (χ3n) is 3.92. The number of hydrogen-bond acceptors (Lipinski definition) is 2. The van der Waals surface area contributed by atoms with Gasteiger partial charge in [0.05, 0.1) is 0 Å². The molecule has 1 aromatic carbocycles. The van der Waals surface area contributed by atoms with Gasteiger partial charge in [0.15, 0.2) is 0 Å². The molecule has 0 unspecified atom stereocenters. The predicted molar refractivity (Wildman–Crippen MR) is 66.2 cm³/mol. The summed E-state index contributed by atoms with van der Waals surface area (Å²) in [5.41, 5.74) is 7.69. The van der Waals surface area contributed by atoms with Crippen LogP contribution in [0.25, 0.3) is 0 Å². The standard InChI is InChI=1S/C14H17N2O/c15-13(17)12-4-2-11(3-5-12)8-16-9-14(10-16)6-1-7-14/h1-5H,6-10H2,(H2,15,17). The number of nitrogens with two attached hydrogens (primary N) is 1. The van der Waals surface area contributed by atoms with Crippen molar-refractivity contribution in [2.24, 2.45) is 11.1 Å². The molecule has 1 saturated carbocycles. The highest BCUT2D eigenvalue weighted by Crippen LogP contribution is 2.47. The number of benzene rings is 1. The van der Waals surface area contributed by atoms with Crippen LogP contribution in [0.15, 0.2) is 24.3 Å². The summed E-state index contributed by atoms with van der Waals surface area (Å²) in [5, 5.41) is 0. The molecule has 0 atom stereocenters. The van der Waals surface area contributed by atoms with Crippen molar-refractivity contribution in [2.75, 3.05) is 13.1 Å². The molecule has 1 spiro atoms. The summed E-state index contributed by atoms with van der Waals surface area (Å²) in [6.45, 7) is 3.43. The fourth-order valence-electron chi connectivity index (χ4n) is 2.86. The van der Waals surface area contributed by atoms with Crippen LogP contribution in [0.5, 0.6) is 0 Å². The molecule has 1 radical (unpaired) electrons. The van der Waals surface area contributed by atoms with Crippen molar-refractivity contribution in [2.45, 2.75) is 19.4 Å². The number of rotatable bonds is 3. The second kappa shape index (κ2) is 3.84. The van der Waals surface area contributed by atoms with Crippen molar-refractivity contribution in [1.82, 2.24) is 4.90 Å². The van der Waals surface area contributed by atoms with Gasteiger partial charge < -0.3 is 5.73 Å². The average molecular weight is 229 g/mol. The van der Waals surface area contributed by atoms with Gasteiger partial charge in [0.25, 0.3) is 0 Å². The molecule has 1 amide bonds. The number of carbonyl (C=O) groups excluding carboxylic acids is 1. The molecule has 2 aliphatic rings. The van der Waals surface area contributed by atoms with E-state index in [0.29, 0.717) is 11.0 Å². The second-order valence-electron chi connectivity index (χ2n) is 5.40. The van der Waals surface area contributed by atoms with E-state index < -0.39 is 0 Å². The molecule has 3 heteroatoms. The summed E-state index contributed by atoms with van der Waals surface area (Å²) in [7, 11) is 0. The van der Waals surface area contributed by atoms with Gasteiger partial charge in [-0.2, -0.15) is 0 Å². The highest BCUT2D eigenvalue weighted by Gasteiger charge is 2.46. The monoisotopic (exact) mass is 229 g/mol. The first-order valence-electron chi connectivity index (χ1n) is 6.10. The average Bonchev–Trinajstić information content (AvgIpc) is 2.20. The second-order valence-corrected chi connectivity index (χ2v) is 5.40. The normalized spacial score (nSPS) is 21.9. The minimum absolute atomic E-state index is 0.357. The molecular formula is C14H17N2O. The van der Waals surface area contributed by atoms with E-state index in [0.717, 1.165) is 6.54 Å². The maximum Gasteiger partial charge on any atom is 0.248 e. The number of amides is 1. The molecule has 89 valence electrons. The highest BCUT2D eigenvalue weighted by atomic mass is 16.1. The minimum atomic E-state index is -0.357. The molecule has 17 heavy (non-hydrogen) atoms. The Bertz CT molecular complexity index is 426. The Morgan fingerprint density at radius 2 is 1.88 bits per heavy atom. The van der Waals surface area contributed by atoms with Gasteiger partial charge in [-0.25, -0.2) is 0 Å². The first-order valence-corrected chi connectivity index (χ1v) is 6.10. The van der Waals surface area contributed by atoms with E-state index in [1.807, 2.05) is 24.3 Å². The zero-order chi connectivity index (χ0) is 11.9. The number of hydrogen-bond donors (Lipinski definition) is 1. The van der Waals surface area contributed by atoms with Crippen LogP contribution in [0, 0.1) is 11.8 Å². The molecule has 3 rings (SSSR count). The Kier molecular flexibility index (Phi) is 2.44. The largest absolute Gasteiger partial charge is 0.366 e. The quantitative estimate of drug-likeness (QED) is 0.855. The molecule has 0 aromatic heterocycles. The van der Waals surface area contributed by atoms with E-state index in [1.165, 1.54) is 31.5 Å². The Hall–Kier alpha value is -1.35.